The third-order valence-electron chi connectivity index (χ3n) is 11.5. The highest BCUT2D eigenvalue weighted by Gasteiger charge is 2.72. The van der Waals surface area contributed by atoms with Gasteiger partial charge in [0.15, 0.2) is 0 Å². The van der Waals surface area contributed by atoms with Gasteiger partial charge in [-0.3, -0.25) is 14.4 Å². The maximum absolute atomic E-state index is 16.2. The van der Waals surface area contributed by atoms with Gasteiger partial charge in [-0.2, -0.15) is 0 Å². The van der Waals surface area contributed by atoms with Crippen molar-refractivity contribution in [2.75, 3.05) is 11.9 Å². The number of nitrogens with one attached hydrogen (secondary N) is 2. The summed E-state index contributed by atoms with van der Waals surface area (Å²) in [5.74, 6) is -2.23. The Bertz CT molecular complexity index is 1480. The Hall–Kier alpha value is -2.48. The number of hydrogen-bond donors (Lipinski definition) is 3. The van der Waals surface area contributed by atoms with Crippen LogP contribution in [-0.4, -0.2) is 35.4 Å². The van der Waals surface area contributed by atoms with Gasteiger partial charge < -0.3 is 15.7 Å². The van der Waals surface area contributed by atoms with Gasteiger partial charge in [-0.1, -0.05) is 55.2 Å². The lowest BCUT2D eigenvalue weighted by molar-refractivity contribution is -0.128. The number of halogens is 3. The second-order valence-corrected chi connectivity index (χ2v) is 15.3. The molecule has 6 rings (SSSR count). The molecule has 0 radical (unpaired) electrons. The van der Waals surface area contributed by atoms with Crippen molar-refractivity contribution < 1.29 is 23.9 Å². The number of rotatable bonds is 6. The Morgan fingerprint density at radius 1 is 1.05 bits per heavy atom. The van der Waals surface area contributed by atoms with Crippen LogP contribution in [0, 0.1) is 28.5 Å². The highest BCUT2D eigenvalue weighted by molar-refractivity contribution is 6.31. The zero-order valence-corrected chi connectivity index (χ0v) is 26.9. The van der Waals surface area contributed by atoms with E-state index in [4.69, 9.17) is 28.3 Å². The van der Waals surface area contributed by atoms with Gasteiger partial charge in [-0.15, -0.1) is 0 Å². The number of ketones is 1. The molecule has 236 valence electrons. The molecule has 3 aliphatic carbocycles. The predicted molar refractivity (Wildman–Crippen MR) is 169 cm³/mol. The van der Waals surface area contributed by atoms with E-state index in [1.807, 2.05) is 6.07 Å². The number of amides is 2. The fraction of sp³-hybridized carbons (Fsp3) is 0.571. The number of Topliss-reactive ketones (excluding diaryl/α,β-unsaturated/α-hetero) is 1. The van der Waals surface area contributed by atoms with Crippen LogP contribution < -0.4 is 10.6 Å². The molecule has 44 heavy (non-hydrogen) atoms. The molecule has 2 amide bonds. The normalized spacial score (nSPS) is 30.3. The summed E-state index contributed by atoms with van der Waals surface area (Å²) < 4.78 is 16.2. The predicted octanol–water partition coefficient (Wildman–Crippen LogP) is 7.34. The molecule has 2 spiro atoms. The Balaban J connectivity index is 1.43. The Kier molecular flexibility index (Phi) is 8.38. The summed E-state index contributed by atoms with van der Waals surface area (Å²) in [6.45, 7) is 3.96. The molecule has 0 unspecified atom stereocenters. The first-order valence-corrected chi connectivity index (χ1v) is 16.6. The van der Waals surface area contributed by atoms with Gasteiger partial charge in [-0.25, -0.2) is 4.39 Å². The number of carbonyl (C=O) groups excluding carboxylic acids is 3. The average Bonchev–Trinajstić information content (AvgIpc) is 3.45. The third-order valence-corrected chi connectivity index (χ3v) is 12.0. The first-order chi connectivity index (χ1) is 20.9. The van der Waals surface area contributed by atoms with E-state index in [-0.39, 0.29) is 40.0 Å². The van der Waals surface area contributed by atoms with Crippen LogP contribution in [0.1, 0.15) is 95.1 Å². The summed E-state index contributed by atoms with van der Waals surface area (Å²) in [7, 11) is 0. The lowest BCUT2D eigenvalue weighted by atomic mass is 9.51. The van der Waals surface area contributed by atoms with Gasteiger partial charge in [0, 0.05) is 35.0 Å². The molecular formula is C35H41Cl2FN2O4. The molecule has 2 aromatic carbocycles. The van der Waals surface area contributed by atoms with E-state index < -0.39 is 35.1 Å². The second kappa shape index (κ2) is 11.7. The lowest BCUT2D eigenvalue weighted by Gasteiger charge is -2.51. The second-order valence-electron chi connectivity index (χ2n) is 14.4. The van der Waals surface area contributed by atoms with Crippen molar-refractivity contribution >= 4 is 46.5 Å². The largest absolute Gasteiger partial charge is 0.387 e. The Morgan fingerprint density at radius 3 is 2.43 bits per heavy atom. The van der Waals surface area contributed by atoms with E-state index in [9.17, 15) is 14.4 Å². The van der Waals surface area contributed by atoms with Crippen LogP contribution in [0.3, 0.4) is 0 Å². The van der Waals surface area contributed by atoms with Crippen LogP contribution in [0.25, 0.3) is 0 Å². The molecule has 0 saturated heterocycles. The summed E-state index contributed by atoms with van der Waals surface area (Å²) >= 11 is 12.8. The van der Waals surface area contributed by atoms with Gasteiger partial charge in [0.25, 0.3) is 0 Å². The third kappa shape index (κ3) is 5.17. The minimum absolute atomic E-state index is 0.0107. The smallest absolute Gasteiger partial charge is 0.245 e. The molecule has 3 saturated carbocycles. The van der Waals surface area contributed by atoms with Crippen LogP contribution in [0.2, 0.25) is 10.0 Å². The molecule has 0 aromatic heterocycles. The van der Waals surface area contributed by atoms with Crippen molar-refractivity contribution in [3.63, 3.8) is 0 Å². The highest BCUT2D eigenvalue weighted by Crippen LogP contribution is 2.72. The molecule has 9 heteroatoms. The molecule has 6 nitrogen and oxygen atoms in total. The molecule has 1 aliphatic heterocycles. The molecule has 2 aromatic rings. The summed E-state index contributed by atoms with van der Waals surface area (Å²) in [6, 6.07) is 10.4. The summed E-state index contributed by atoms with van der Waals surface area (Å²) in [4.78, 5) is 40.9. The van der Waals surface area contributed by atoms with E-state index in [1.54, 1.807) is 24.3 Å². The maximum atomic E-state index is 16.2. The number of carbonyl (C=O) groups is 3. The molecule has 3 atom stereocenters. The zero-order chi connectivity index (χ0) is 31.4. The van der Waals surface area contributed by atoms with Crippen LogP contribution in [0.15, 0.2) is 36.4 Å². The number of aliphatic hydroxyl groups excluding tert-OH is 1. The number of anilines is 1. The Morgan fingerprint density at radius 2 is 1.75 bits per heavy atom. The van der Waals surface area contributed by atoms with E-state index in [0.717, 1.165) is 56.9 Å². The number of aliphatic hydroxyl groups is 1. The van der Waals surface area contributed by atoms with Crippen LogP contribution in [0.5, 0.6) is 0 Å². The van der Waals surface area contributed by atoms with Crippen molar-refractivity contribution in [2.24, 2.45) is 22.7 Å². The Labute approximate surface area is 268 Å². The first kappa shape index (κ1) is 31.5. The quantitative estimate of drug-likeness (QED) is 0.307. The fourth-order valence-electron chi connectivity index (χ4n) is 9.21. The zero-order valence-electron chi connectivity index (χ0n) is 25.4. The van der Waals surface area contributed by atoms with E-state index in [0.29, 0.717) is 29.1 Å². The van der Waals surface area contributed by atoms with Crippen molar-refractivity contribution in [1.82, 2.24) is 5.32 Å². The topological polar surface area (TPSA) is 95.5 Å². The average molecular weight is 644 g/mol. The first-order valence-electron chi connectivity index (χ1n) is 15.9. The van der Waals surface area contributed by atoms with E-state index >= 15 is 4.39 Å². The number of benzene rings is 2. The summed E-state index contributed by atoms with van der Waals surface area (Å²) in [5.41, 5.74) is 0.166. The minimum atomic E-state index is -1.15. The van der Waals surface area contributed by atoms with Gasteiger partial charge in [0.05, 0.1) is 10.4 Å². The number of fused-ring (bicyclic) bond motifs is 3. The van der Waals surface area contributed by atoms with Gasteiger partial charge in [0.2, 0.25) is 11.8 Å². The van der Waals surface area contributed by atoms with Crippen molar-refractivity contribution in [1.29, 1.82) is 0 Å². The van der Waals surface area contributed by atoms with Gasteiger partial charge >= 0.3 is 0 Å². The molecule has 0 bridgehead atoms. The lowest BCUT2D eigenvalue weighted by Crippen LogP contribution is -2.52. The van der Waals surface area contributed by atoms with Crippen LogP contribution in [0.4, 0.5) is 10.1 Å². The number of hydrogen-bond acceptors (Lipinski definition) is 4. The van der Waals surface area contributed by atoms with Crippen molar-refractivity contribution in [3.05, 3.63) is 63.4 Å². The van der Waals surface area contributed by atoms with Crippen molar-refractivity contribution in [3.8, 4) is 0 Å². The SMILES string of the molecule is CC1(C)CCC2(CC1)C[C@@H](C(=O)CC1CCC(NC(=O)CO)CC1)[C@H](c1cccc(Cl)c1F)[C@]21C(=O)Nc2cc(Cl)ccc21. The van der Waals surface area contributed by atoms with Crippen LogP contribution >= 0.6 is 23.2 Å². The summed E-state index contributed by atoms with van der Waals surface area (Å²) in [6.07, 6.45) is 7.20. The maximum Gasteiger partial charge on any atom is 0.245 e. The highest BCUT2D eigenvalue weighted by atomic mass is 35.5. The van der Waals surface area contributed by atoms with E-state index in [2.05, 4.69) is 24.5 Å². The standard InChI is InChI=1S/C35H41Cl2FN2O4/c1-33(2)12-14-34(15-13-33)18-24(28(42)16-20-6-9-22(10-7-20)39-29(43)19-41)30(23-4-3-5-26(37)31(23)38)35(34)25-11-8-21(36)17-27(25)40-32(35)44/h3-5,8,11,17,20,22,24,30,41H,6-7,9-10,12-16,18-19H2,1-2H3,(H,39,43)(H,40,44)/t20?,22?,24-,30-,35+/m0/s1. The van der Waals surface area contributed by atoms with Gasteiger partial charge in [-0.05, 0) is 104 Å². The molecule has 4 aliphatic rings. The van der Waals surface area contributed by atoms with Crippen molar-refractivity contribution in [2.45, 2.75) is 95.4 Å². The van der Waals surface area contributed by atoms with Gasteiger partial charge in [0.1, 0.15) is 18.2 Å². The molecule has 3 fully saturated rings. The molecule has 3 N–H and O–H groups in total. The summed E-state index contributed by atoms with van der Waals surface area (Å²) in [5, 5.41) is 15.6. The van der Waals surface area contributed by atoms with E-state index in [1.165, 1.54) is 6.07 Å². The monoisotopic (exact) mass is 642 g/mol. The minimum Gasteiger partial charge on any atom is -0.387 e. The van der Waals surface area contributed by atoms with Crippen LogP contribution in [-0.2, 0) is 19.8 Å². The fourth-order valence-corrected chi connectivity index (χ4v) is 9.56. The molecular weight excluding hydrogens is 602 g/mol. The molecule has 1 heterocycles.